The fraction of sp³-hybridized carbons (Fsp3) is 0.136. The second-order valence-electron chi connectivity index (χ2n) is 6.81. The molecule has 1 aromatic heterocycles. The van der Waals surface area contributed by atoms with E-state index in [1.807, 2.05) is 35.3 Å². The second-order valence-corrected chi connectivity index (χ2v) is 6.81. The molecule has 2 aliphatic heterocycles. The highest BCUT2D eigenvalue weighted by atomic mass is 19.2. The van der Waals surface area contributed by atoms with Gasteiger partial charge in [-0.05, 0) is 36.4 Å². The molecule has 3 heterocycles. The van der Waals surface area contributed by atoms with Crippen LogP contribution in [0.2, 0.25) is 0 Å². The third kappa shape index (κ3) is 2.91. The van der Waals surface area contributed by atoms with Crippen LogP contribution in [0.1, 0.15) is 29.0 Å². The van der Waals surface area contributed by atoms with E-state index in [0.29, 0.717) is 17.1 Å². The Morgan fingerprint density at radius 2 is 2.00 bits per heavy atom. The summed E-state index contributed by atoms with van der Waals surface area (Å²) in [4.78, 5) is 4.17. The number of halogens is 2. The number of rotatable bonds is 3. The Bertz CT molecular complexity index is 1100. The summed E-state index contributed by atoms with van der Waals surface area (Å²) in [5.41, 5.74) is 6.51. The summed E-state index contributed by atoms with van der Waals surface area (Å²) in [6, 6.07) is 13.1. The number of benzene rings is 2. The lowest BCUT2D eigenvalue weighted by atomic mass is 10.0. The lowest BCUT2D eigenvalue weighted by molar-refractivity contribution is -0.0345. The zero-order chi connectivity index (χ0) is 20.0. The first-order valence-electron chi connectivity index (χ1n) is 9.11. The van der Waals surface area contributed by atoms with E-state index >= 15 is 0 Å². The molecule has 0 saturated heterocycles. The third-order valence-corrected chi connectivity index (χ3v) is 5.11. The van der Waals surface area contributed by atoms with Crippen molar-refractivity contribution in [2.75, 3.05) is 7.11 Å². The first kappa shape index (κ1) is 17.6. The molecule has 5 nitrogen and oxygen atoms in total. The Kier molecular flexibility index (Phi) is 4.17. The summed E-state index contributed by atoms with van der Waals surface area (Å²) in [6.07, 6.45) is 4.84. The Morgan fingerprint density at radius 3 is 2.76 bits per heavy atom. The highest BCUT2D eigenvalue weighted by molar-refractivity contribution is 5.67. The zero-order valence-electron chi connectivity index (χ0n) is 15.5. The van der Waals surface area contributed by atoms with Gasteiger partial charge in [0.1, 0.15) is 0 Å². The molecule has 0 radical (unpaired) electrons. The normalized spacial score (nSPS) is 20.2. The summed E-state index contributed by atoms with van der Waals surface area (Å²) in [7, 11) is 1.57. The largest absolute Gasteiger partial charge is 0.493 e. The van der Waals surface area contributed by atoms with Crippen LogP contribution in [0.4, 0.5) is 8.78 Å². The van der Waals surface area contributed by atoms with Crippen molar-refractivity contribution in [2.45, 2.75) is 12.3 Å². The Labute approximate surface area is 166 Å². The summed E-state index contributed by atoms with van der Waals surface area (Å²) in [5.74, 6) is -0.662. The van der Waals surface area contributed by atoms with E-state index in [9.17, 15) is 8.78 Å². The van der Waals surface area contributed by atoms with Gasteiger partial charge in [0.05, 0.1) is 18.8 Å². The molecule has 2 aliphatic rings. The topological polar surface area (TPSA) is 46.6 Å². The van der Waals surface area contributed by atoms with Crippen LogP contribution in [0.5, 0.6) is 11.5 Å². The molecule has 5 rings (SSSR count). The van der Waals surface area contributed by atoms with Gasteiger partial charge in [0.15, 0.2) is 29.4 Å². The van der Waals surface area contributed by atoms with Gasteiger partial charge in [0.25, 0.3) is 0 Å². The van der Waals surface area contributed by atoms with Gasteiger partial charge >= 0.3 is 0 Å². The molecule has 29 heavy (non-hydrogen) atoms. The van der Waals surface area contributed by atoms with Gasteiger partial charge in [0, 0.05) is 29.1 Å². The summed E-state index contributed by atoms with van der Waals surface area (Å²) < 4.78 is 39.1. The third-order valence-electron chi connectivity index (χ3n) is 5.11. The average molecular weight is 393 g/mol. The van der Waals surface area contributed by atoms with Crippen LogP contribution >= 0.6 is 0 Å². The van der Waals surface area contributed by atoms with E-state index in [2.05, 4.69) is 16.5 Å². The number of hydrazine groups is 1. The van der Waals surface area contributed by atoms with Crippen molar-refractivity contribution >= 4 is 5.70 Å². The predicted octanol–water partition coefficient (Wildman–Crippen LogP) is 4.36. The molecule has 2 aromatic carbocycles. The lowest BCUT2D eigenvalue weighted by Gasteiger charge is -2.39. The second kappa shape index (κ2) is 6.86. The van der Waals surface area contributed by atoms with E-state index in [-0.39, 0.29) is 6.04 Å². The van der Waals surface area contributed by atoms with Crippen molar-refractivity contribution < 1.29 is 18.3 Å². The van der Waals surface area contributed by atoms with Gasteiger partial charge in [-0.25, -0.2) is 8.78 Å². The fourth-order valence-corrected chi connectivity index (χ4v) is 3.73. The maximum atomic E-state index is 13.9. The smallest absolute Gasteiger partial charge is 0.196 e. The Morgan fingerprint density at radius 1 is 1.10 bits per heavy atom. The SMILES string of the molecule is COc1cccc2c1OC(c1ccc(F)c(F)c1)N1NC(c3cccnc3)=CC21. The molecule has 1 N–H and O–H groups in total. The summed E-state index contributed by atoms with van der Waals surface area (Å²) in [6.45, 7) is 0. The number of ether oxygens (including phenoxy) is 2. The number of para-hydroxylation sites is 1. The van der Waals surface area contributed by atoms with Crippen molar-refractivity contribution in [1.29, 1.82) is 0 Å². The van der Waals surface area contributed by atoms with Crippen LogP contribution in [-0.4, -0.2) is 17.1 Å². The Balaban J connectivity index is 1.63. The first-order valence-corrected chi connectivity index (χ1v) is 9.11. The minimum absolute atomic E-state index is 0.192. The van der Waals surface area contributed by atoms with E-state index in [0.717, 1.165) is 29.0 Å². The highest BCUT2D eigenvalue weighted by Crippen LogP contribution is 2.49. The molecule has 0 fully saturated rings. The number of nitrogens with zero attached hydrogens (tertiary/aromatic N) is 2. The molecule has 0 saturated carbocycles. The molecule has 0 amide bonds. The molecule has 3 aromatic rings. The van der Waals surface area contributed by atoms with Crippen LogP contribution in [0.15, 0.2) is 67.0 Å². The quantitative estimate of drug-likeness (QED) is 0.716. The van der Waals surface area contributed by atoms with Crippen molar-refractivity contribution in [3.05, 3.63) is 95.3 Å². The first-order chi connectivity index (χ1) is 14.2. The highest BCUT2D eigenvalue weighted by Gasteiger charge is 2.41. The number of methoxy groups -OCH3 is 1. The van der Waals surface area contributed by atoms with Gasteiger partial charge < -0.3 is 14.9 Å². The summed E-state index contributed by atoms with van der Waals surface area (Å²) >= 11 is 0. The molecule has 0 bridgehead atoms. The van der Waals surface area contributed by atoms with Crippen molar-refractivity contribution in [1.82, 2.24) is 15.4 Å². The van der Waals surface area contributed by atoms with Crippen molar-refractivity contribution in [3.63, 3.8) is 0 Å². The number of aromatic nitrogens is 1. The number of hydrogen-bond acceptors (Lipinski definition) is 5. The molecule has 2 unspecified atom stereocenters. The van der Waals surface area contributed by atoms with Crippen LogP contribution < -0.4 is 14.9 Å². The van der Waals surface area contributed by atoms with Crippen LogP contribution in [0.25, 0.3) is 5.70 Å². The number of pyridine rings is 1. The van der Waals surface area contributed by atoms with Gasteiger partial charge in [-0.1, -0.05) is 18.2 Å². The number of nitrogens with one attached hydrogen (secondary N) is 1. The maximum absolute atomic E-state index is 13.9. The van der Waals surface area contributed by atoms with Crippen LogP contribution in [-0.2, 0) is 0 Å². The molecule has 0 aliphatic carbocycles. The average Bonchev–Trinajstić information content (AvgIpc) is 3.21. The van der Waals surface area contributed by atoms with E-state index in [1.54, 1.807) is 19.5 Å². The molecule has 7 heteroatoms. The number of fused-ring (bicyclic) bond motifs is 3. The molecular weight excluding hydrogens is 376 g/mol. The zero-order valence-corrected chi connectivity index (χ0v) is 15.5. The van der Waals surface area contributed by atoms with Gasteiger partial charge in [-0.2, -0.15) is 5.01 Å². The standard InChI is InChI=1S/C22H17F2N3O2/c1-28-20-6-2-5-15-19-11-18(14-4-3-9-25-12-14)26-27(19)22(29-21(15)20)13-7-8-16(23)17(24)10-13/h2-12,19,22,26H,1H3. The van der Waals surface area contributed by atoms with Gasteiger partial charge in [0.2, 0.25) is 0 Å². The minimum Gasteiger partial charge on any atom is -0.493 e. The van der Waals surface area contributed by atoms with Gasteiger partial charge in [-0.3, -0.25) is 4.98 Å². The minimum atomic E-state index is -0.923. The van der Waals surface area contributed by atoms with E-state index in [4.69, 9.17) is 9.47 Å². The molecule has 0 spiro atoms. The fourth-order valence-electron chi connectivity index (χ4n) is 3.73. The van der Waals surface area contributed by atoms with Gasteiger partial charge in [-0.15, -0.1) is 0 Å². The Hall–Kier alpha value is -3.45. The molecule has 146 valence electrons. The monoisotopic (exact) mass is 393 g/mol. The van der Waals surface area contributed by atoms with Crippen LogP contribution in [0.3, 0.4) is 0 Å². The van der Waals surface area contributed by atoms with E-state index in [1.165, 1.54) is 6.07 Å². The van der Waals surface area contributed by atoms with Crippen LogP contribution in [0, 0.1) is 11.6 Å². The molecule has 2 atom stereocenters. The van der Waals surface area contributed by atoms with Crippen molar-refractivity contribution in [3.8, 4) is 11.5 Å². The number of hydrogen-bond donors (Lipinski definition) is 1. The maximum Gasteiger partial charge on any atom is 0.196 e. The van der Waals surface area contributed by atoms with Crippen molar-refractivity contribution in [2.24, 2.45) is 0 Å². The predicted molar refractivity (Wildman–Crippen MR) is 103 cm³/mol. The van der Waals surface area contributed by atoms with E-state index < -0.39 is 17.9 Å². The lowest BCUT2D eigenvalue weighted by Crippen LogP contribution is -2.43. The summed E-state index contributed by atoms with van der Waals surface area (Å²) in [5, 5.41) is 1.87. The molecular formula is C22H17F2N3O2.